The Morgan fingerprint density at radius 2 is 2.24 bits per heavy atom. The summed E-state index contributed by atoms with van der Waals surface area (Å²) in [5.74, 6) is 0. The second-order valence-electron chi connectivity index (χ2n) is 5.30. The number of piperidine rings is 1. The third-order valence-corrected chi connectivity index (χ3v) is 3.72. The first-order valence-electron chi connectivity index (χ1n) is 7.53. The zero-order valence-electron chi connectivity index (χ0n) is 12.4. The number of amides is 2. The lowest BCUT2D eigenvalue weighted by Crippen LogP contribution is -2.48. The highest BCUT2D eigenvalue weighted by molar-refractivity contribution is 5.89. The first-order valence-corrected chi connectivity index (χ1v) is 7.53. The quantitative estimate of drug-likeness (QED) is 0.893. The van der Waals surface area contributed by atoms with E-state index in [2.05, 4.69) is 23.6 Å². The molecule has 0 aliphatic carbocycles. The zero-order valence-corrected chi connectivity index (χ0v) is 12.4. The van der Waals surface area contributed by atoms with Crippen molar-refractivity contribution in [2.24, 2.45) is 0 Å². The van der Waals surface area contributed by atoms with Crippen molar-refractivity contribution in [1.82, 2.24) is 10.2 Å². The first kappa shape index (κ1) is 15.3. The Kier molecular flexibility index (Phi) is 5.59. The molecule has 1 heterocycles. The number of nitrogens with one attached hydrogen (secondary N) is 2. The van der Waals surface area contributed by atoms with Crippen LogP contribution in [0.4, 0.5) is 10.5 Å². The van der Waals surface area contributed by atoms with E-state index in [9.17, 15) is 4.79 Å². The van der Waals surface area contributed by atoms with Gasteiger partial charge in [-0.3, -0.25) is 0 Å². The van der Waals surface area contributed by atoms with Crippen LogP contribution in [0.15, 0.2) is 24.3 Å². The van der Waals surface area contributed by atoms with Crippen molar-refractivity contribution in [1.29, 1.82) is 5.26 Å². The van der Waals surface area contributed by atoms with Crippen molar-refractivity contribution >= 4 is 11.7 Å². The van der Waals surface area contributed by atoms with Gasteiger partial charge in [0.1, 0.15) is 0 Å². The van der Waals surface area contributed by atoms with E-state index in [4.69, 9.17) is 5.26 Å². The predicted octanol–water partition coefficient (Wildman–Crippen LogP) is 2.55. The van der Waals surface area contributed by atoms with Crippen LogP contribution in [0.2, 0.25) is 0 Å². The predicted molar refractivity (Wildman–Crippen MR) is 83.1 cm³/mol. The second-order valence-corrected chi connectivity index (χ2v) is 5.30. The summed E-state index contributed by atoms with van der Waals surface area (Å²) in [7, 11) is 0. The summed E-state index contributed by atoms with van der Waals surface area (Å²) in [5.41, 5.74) is 1.23. The minimum Gasteiger partial charge on any atom is -0.321 e. The molecule has 112 valence electrons. The van der Waals surface area contributed by atoms with Crippen molar-refractivity contribution in [3.63, 3.8) is 0 Å². The maximum absolute atomic E-state index is 12.5. The average Bonchev–Trinajstić information content (AvgIpc) is 2.53. The minimum atomic E-state index is -0.0705. The number of nitrogens with zero attached hydrogens (tertiary/aromatic N) is 2. The van der Waals surface area contributed by atoms with Crippen LogP contribution in [-0.2, 0) is 0 Å². The molecule has 0 radical (unpaired) electrons. The molecule has 1 fully saturated rings. The van der Waals surface area contributed by atoms with E-state index >= 15 is 0 Å². The summed E-state index contributed by atoms with van der Waals surface area (Å²) in [6.07, 6.45) is 2.92. The summed E-state index contributed by atoms with van der Waals surface area (Å²) >= 11 is 0. The lowest BCUT2D eigenvalue weighted by atomic mass is 10.0. The van der Waals surface area contributed by atoms with E-state index in [0.29, 0.717) is 17.3 Å². The average molecular weight is 286 g/mol. The Hall–Kier alpha value is -2.06. The zero-order chi connectivity index (χ0) is 15.1. The molecule has 21 heavy (non-hydrogen) atoms. The molecule has 2 amide bonds. The molecular weight excluding hydrogens is 264 g/mol. The third kappa shape index (κ3) is 4.20. The van der Waals surface area contributed by atoms with E-state index in [1.807, 2.05) is 11.0 Å². The fraction of sp³-hybridized carbons (Fsp3) is 0.500. The molecule has 0 aromatic heterocycles. The Labute approximate surface area is 125 Å². The molecule has 0 bridgehead atoms. The van der Waals surface area contributed by atoms with Crippen LogP contribution in [0, 0.1) is 11.3 Å². The van der Waals surface area contributed by atoms with Gasteiger partial charge in [-0.05, 0) is 50.6 Å². The number of hydrogen-bond acceptors (Lipinski definition) is 3. The molecule has 2 rings (SSSR count). The SMILES string of the molecule is CCCN(C(=O)Nc1cccc(C#N)c1)C1CCNCC1. The van der Waals surface area contributed by atoms with Gasteiger partial charge in [0.05, 0.1) is 11.6 Å². The largest absolute Gasteiger partial charge is 0.322 e. The van der Waals surface area contributed by atoms with Crippen molar-refractivity contribution in [2.75, 3.05) is 25.0 Å². The Balaban J connectivity index is 2.05. The maximum atomic E-state index is 12.5. The third-order valence-electron chi connectivity index (χ3n) is 3.72. The molecule has 1 aliphatic heterocycles. The smallest absolute Gasteiger partial charge is 0.321 e. The number of benzene rings is 1. The van der Waals surface area contributed by atoms with Crippen LogP contribution in [0.5, 0.6) is 0 Å². The van der Waals surface area contributed by atoms with Gasteiger partial charge in [-0.15, -0.1) is 0 Å². The van der Waals surface area contributed by atoms with Crippen LogP contribution in [0.3, 0.4) is 0 Å². The Morgan fingerprint density at radius 3 is 2.90 bits per heavy atom. The van der Waals surface area contributed by atoms with Crippen LogP contribution in [-0.4, -0.2) is 36.6 Å². The van der Waals surface area contributed by atoms with Crippen LogP contribution in [0.1, 0.15) is 31.7 Å². The number of carbonyl (C=O) groups excluding carboxylic acids is 1. The van der Waals surface area contributed by atoms with Gasteiger partial charge in [0, 0.05) is 18.3 Å². The fourth-order valence-corrected chi connectivity index (χ4v) is 2.67. The first-order chi connectivity index (χ1) is 10.2. The highest BCUT2D eigenvalue weighted by atomic mass is 16.2. The van der Waals surface area contributed by atoms with E-state index < -0.39 is 0 Å². The summed E-state index contributed by atoms with van der Waals surface area (Å²) in [6.45, 7) is 4.76. The molecule has 1 aromatic carbocycles. The van der Waals surface area contributed by atoms with Gasteiger partial charge >= 0.3 is 6.03 Å². The summed E-state index contributed by atoms with van der Waals surface area (Å²) in [5, 5.41) is 15.1. The van der Waals surface area contributed by atoms with Crippen molar-refractivity contribution in [3.8, 4) is 6.07 Å². The number of urea groups is 1. The molecule has 0 atom stereocenters. The minimum absolute atomic E-state index is 0.0705. The number of anilines is 1. The number of carbonyl (C=O) groups is 1. The van der Waals surface area contributed by atoms with Crippen molar-refractivity contribution in [2.45, 2.75) is 32.2 Å². The fourth-order valence-electron chi connectivity index (χ4n) is 2.67. The van der Waals surface area contributed by atoms with Gasteiger partial charge in [-0.25, -0.2) is 4.79 Å². The van der Waals surface area contributed by atoms with Crippen molar-refractivity contribution in [3.05, 3.63) is 29.8 Å². The van der Waals surface area contributed by atoms with Gasteiger partial charge in [0.25, 0.3) is 0 Å². The lowest BCUT2D eigenvalue weighted by Gasteiger charge is -2.34. The summed E-state index contributed by atoms with van der Waals surface area (Å²) in [4.78, 5) is 14.4. The van der Waals surface area contributed by atoms with E-state index in [0.717, 1.165) is 38.9 Å². The molecule has 0 unspecified atom stereocenters. The molecule has 5 nitrogen and oxygen atoms in total. The summed E-state index contributed by atoms with van der Waals surface area (Å²) in [6, 6.07) is 9.33. The van der Waals surface area contributed by atoms with Gasteiger partial charge in [0.2, 0.25) is 0 Å². The van der Waals surface area contributed by atoms with E-state index in [-0.39, 0.29) is 6.03 Å². The molecule has 5 heteroatoms. The van der Waals surface area contributed by atoms with Gasteiger partial charge in [-0.1, -0.05) is 13.0 Å². The molecule has 2 N–H and O–H groups in total. The Morgan fingerprint density at radius 1 is 1.48 bits per heavy atom. The van der Waals surface area contributed by atoms with Gasteiger partial charge < -0.3 is 15.5 Å². The maximum Gasteiger partial charge on any atom is 0.322 e. The summed E-state index contributed by atoms with van der Waals surface area (Å²) < 4.78 is 0. The molecule has 0 spiro atoms. The van der Waals surface area contributed by atoms with E-state index in [1.54, 1.807) is 18.2 Å². The monoisotopic (exact) mass is 286 g/mol. The van der Waals surface area contributed by atoms with Crippen molar-refractivity contribution < 1.29 is 4.79 Å². The second kappa shape index (κ2) is 7.65. The highest BCUT2D eigenvalue weighted by Gasteiger charge is 2.24. The molecule has 1 aliphatic rings. The topological polar surface area (TPSA) is 68.2 Å². The molecule has 1 saturated heterocycles. The lowest BCUT2D eigenvalue weighted by molar-refractivity contribution is 0.171. The molecule has 0 saturated carbocycles. The van der Waals surface area contributed by atoms with Crippen LogP contribution in [0.25, 0.3) is 0 Å². The van der Waals surface area contributed by atoms with Gasteiger partial charge in [-0.2, -0.15) is 5.26 Å². The number of hydrogen-bond donors (Lipinski definition) is 2. The van der Waals surface area contributed by atoms with Crippen LogP contribution < -0.4 is 10.6 Å². The molecular formula is C16H22N4O. The number of rotatable bonds is 4. The van der Waals surface area contributed by atoms with Gasteiger partial charge in [0.15, 0.2) is 0 Å². The normalized spacial score (nSPS) is 15.2. The van der Waals surface area contributed by atoms with Crippen LogP contribution >= 0.6 is 0 Å². The highest BCUT2D eigenvalue weighted by Crippen LogP contribution is 2.16. The molecule has 1 aromatic rings. The Bertz CT molecular complexity index is 517. The number of nitriles is 1. The standard InChI is InChI=1S/C16H22N4O/c1-2-10-20(15-6-8-18-9-7-15)16(21)19-14-5-3-4-13(11-14)12-17/h3-5,11,15,18H,2,6-10H2,1H3,(H,19,21). The van der Waals surface area contributed by atoms with E-state index in [1.165, 1.54) is 0 Å².